The minimum atomic E-state index is 0.999. The van der Waals surface area contributed by atoms with Gasteiger partial charge in [-0.1, -0.05) is 25.1 Å². The molecule has 15 heavy (non-hydrogen) atoms. The van der Waals surface area contributed by atoms with Gasteiger partial charge in [-0.2, -0.15) is 0 Å². The first-order chi connectivity index (χ1) is 7.38. The van der Waals surface area contributed by atoms with Crippen LogP contribution in [0.4, 0.5) is 0 Å². The molecule has 1 aromatic heterocycles. The van der Waals surface area contributed by atoms with E-state index >= 15 is 0 Å². The molecule has 0 amide bonds. The third kappa shape index (κ3) is 1.44. The normalized spacial score (nSPS) is 14.1. The van der Waals surface area contributed by atoms with Crippen molar-refractivity contribution in [2.75, 3.05) is 0 Å². The third-order valence-electron chi connectivity index (χ3n) is 2.96. The predicted molar refractivity (Wildman–Crippen MR) is 63.7 cm³/mol. The Labute approximate surface area is 89.5 Å². The topological polar surface area (TPSA) is 12.9 Å². The number of benzene rings is 1. The lowest BCUT2D eigenvalue weighted by Crippen LogP contribution is -1.88. The second-order valence-electron chi connectivity index (χ2n) is 3.98. The molecule has 1 nitrogen and oxygen atoms in total. The van der Waals surface area contributed by atoms with Crippen LogP contribution in [-0.4, -0.2) is 4.98 Å². The van der Waals surface area contributed by atoms with E-state index in [-0.39, 0.29) is 0 Å². The summed E-state index contributed by atoms with van der Waals surface area (Å²) in [6.07, 6.45) is 6.34. The molecule has 0 aliphatic heterocycles. The van der Waals surface area contributed by atoms with E-state index in [0.29, 0.717) is 0 Å². The van der Waals surface area contributed by atoms with E-state index < -0.39 is 0 Å². The summed E-state index contributed by atoms with van der Waals surface area (Å²) in [5.41, 5.74) is 4.05. The Kier molecular flexibility index (Phi) is 1.84. The van der Waals surface area contributed by atoms with Crippen molar-refractivity contribution in [1.29, 1.82) is 0 Å². The number of aromatic nitrogens is 1. The molecule has 1 heterocycles. The highest BCUT2D eigenvalue weighted by molar-refractivity contribution is 5.90. The van der Waals surface area contributed by atoms with Crippen LogP contribution < -0.4 is 0 Å². The van der Waals surface area contributed by atoms with Crippen LogP contribution in [0.1, 0.15) is 24.6 Å². The summed E-state index contributed by atoms with van der Waals surface area (Å²) < 4.78 is 0. The van der Waals surface area contributed by atoms with E-state index in [1.807, 2.05) is 6.20 Å². The van der Waals surface area contributed by atoms with Crippen LogP contribution in [0.2, 0.25) is 0 Å². The maximum absolute atomic E-state index is 4.40. The van der Waals surface area contributed by atoms with Gasteiger partial charge in [-0.3, -0.25) is 4.98 Å². The van der Waals surface area contributed by atoms with E-state index in [9.17, 15) is 0 Å². The zero-order valence-electron chi connectivity index (χ0n) is 8.83. The molecule has 0 unspecified atom stereocenters. The second-order valence-corrected chi connectivity index (χ2v) is 3.98. The van der Waals surface area contributed by atoms with Crippen LogP contribution >= 0.6 is 0 Å². The Hall–Kier alpha value is -1.63. The Balaban J connectivity index is 2.23. The standard InChI is InChI=1S/C14H13N/c1-2-14-13-6-5-11(10-3-4-10)9-12(13)7-8-15-14/h3,5-9H,2,4H2,1H3. The smallest absolute Gasteiger partial charge is 0.0479 e. The van der Waals surface area contributed by atoms with Gasteiger partial charge in [0, 0.05) is 17.3 Å². The average Bonchev–Trinajstić information content (AvgIpc) is 3.11. The summed E-state index contributed by atoms with van der Waals surface area (Å²) in [4.78, 5) is 4.40. The Morgan fingerprint density at radius 2 is 2.13 bits per heavy atom. The molecule has 1 aliphatic carbocycles. The molecular formula is C14H13N. The maximum atomic E-state index is 4.40. The minimum absolute atomic E-state index is 0.999. The Bertz CT molecular complexity index is 552. The maximum Gasteiger partial charge on any atom is 0.0479 e. The lowest BCUT2D eigenvalue weighted by Gasteiger charge is -2.04. The summed E-state index contributed by atoms with van der Waals surface area (Å²) in [7, 11) is 0. The molecule has 1 aromatic carbocycles. The molecular weight excluding hydrogens is 182 g/mol. The van der Waals surface area contributed by atoms with Gasteiger partial charge in [-0.05, 0) is 41.5 Å². The number of allylic oxidation sites excluding steroid dienone is 2. The molecule has 0 N–H and O–H groups in total. The average molecular weight is 195 g/mol. The fourth-order valence-corrected chi connectivity index (χ4v) is 2.01. The number of nitrogens with zero attached hydrogens (tertiary/aromatic N) is 1. The largest absolute Gasteiger partial charge is 0.261 e. The lowest BCUT2D eigenvalue weighted by atomic mass is 10.0. The fourth-order valence-electron chi connectivity index (χ4n) is 2.01. The summed E-state index contributed by atoms with van der Waals surface area (Å²) in [5.74, 6) is 0. The number of hydrogen-bond acceptors (Lipinski definition) is 1. The van der Waals surface area contributed by atoms with E-state index in [1.165, 1.54) is 27.6 Å². The lowest BCUT2D eigenvalue weighted by molar-refractivity contribution is 1.06. The highest BCUT2D eigenvalue weighted by Gasteiger charge is 2.10. The molecule has 0 fully saturated rings. The SMILES string of the molecule is CCc1nccc2cc(C3=CC3)ccc12. The molecule has 0 radical (unpaired) electrons. The van der Waals surface area contributed by atoms with Gasteiger partial charge < -0.3 is 0 Å². The Morgan fingerprint density at radius 3 is 2.87 bits per heavy atom. The van der Waals surface area contributed by atoms with Crippen LogP contribution in [0.3, 0.4) is 0 Å². The molecule has 2 aromatic rings. The summed E-state index contributed by atoms with van der Waals surface area (Å²) in [5, 5.41) is 2.61. The summed E-state index contributed by atoms with van der Waals surface area (Å²) in [6.45, 7) is 2.15. The molecule has 0 saturated heterocycles. The quantitative estimate of drug-likeness (QED) is 0.713. The van der Waals surface area contributed by atoms with Gasteiger partial charge in [0.05, 0.1) is 0 Å². The summed E-state index contributed by atoms with van der Waals surface area (Å²) in [6, 6.07) is 8.79. The first-order valence-electron chi connectivity index (χ1n) is 5.45. The van der Waals surface area contributed by atoms with Crippen molar-refractivity contribution in [2.45, 2.75) is 19.8 Å². The molecule has 3 rings (SSSR count). The molecule has 0 bridgehead atoms. The van der Waals surface area contributed by atoms with Crippen molar-refractivity contribution in [2.24, 2.45) is 0 Å². The zero-order valence-corrected chi connectivity index (χ0v) is 8.83. The van der Waals surface area contributed by atoms with Crippen molar-refractivity contribution in [3.63, 3.8) is 0 Å². The third-order valence-corrected chi connectivity index (χ3v) is 2.96. The minimum Gasteiger partial charge on any atom is -0.261 e. The highest BCUT2D eigenvalue weighted by atomic mass is 14.7. The van der Waals surface area contributed by atoms with Gasteiger partial charge in [0.15, 0.2) is 0 Å². The van der Waals surface area contributed by atoms with Crippen LogP contribution in [0.25, 0.3) is 16.3 Å². The first-order valence-corrected chi connectivity index (χ1v) is 5.45. The van der Waals surface area contributed by atoms with Crippen LogP contribution in [0.5, 0.6) is 0 Å². The van der Waals surface area contributed by atoms with E-state index in [1.54, 1.807) is 0 Å². The molecule has 1 heteroatoms. The van der Waals surface area contributed by atoms with E-state index in [0.717, 1.165) is 12.8 Å². The summed E-state index contributed by atoms with van der Waals surface area (Å²) >= 11 is 0. The molecule has 0 atom stereocenters. The Morgan fingerprint density at radius 1 is 1.27 bits per heavy atom. The van der Waals surface area contributed by atoms with Gasteiger partial charge in [0.25, 0.3) is 0 Å². The first kappa shape index (κ1) is 8.66. The van der Waals surface area contributed by atoms with E-state index in [4.69, 9.17) is 0 Å². The van der Waals surface area contributed by atoms with Crippen molar-refractivity contribution in [3.05, 3.63) is 47.8 Å². The zero-order chi connectivity index (χ0) is 10.3. The number of rotatable bonds is 2. The van der Waals surface area contributed by atoms with Crippen molar-refractivity contribution >= 4 is 16.3 Å². The van der Waals surface area contributed by atoms with Gasteiger partial charge in [-0.25, -0.2) is 0 Å². The number of hydrogen-bond donors (Lipinski definition) is 0. The number of aryl methyl sites for hydroxylation is 1. The van der Waals surface area contributed by atoms with Crippen molar-refractivity contribution in [1.82, 2.24) is 4.98 Å². The highest BCUT2D eigenvalue weighted by Crippen LogP contribution is 2.32. The second kappa shape index (κ2) is 3.20. The van der Waals surface area contributed by atoms with Gasteiger partial charge in [-0.15, -0.1) is 0 Å². The fraction of sp³-hybridized carbons (Fsp3) is 0.214. The number of pyridine rings is 1. The molecule has 74 valence electrons. The molecule has 0 saturated carbocycles. The van der Waals surface area contributed by atoms with Gasteiger partial charge >= 0.3 is 0 Å². The molecule has 0 spiro atoms. The van der Waals surface area contributed by atoms with E-state index in [2.05, 4.69) is 42.2 Å². The van der Waals surface area contributed by atoms with Gasteiger partial charge in [0.1, 0.15) is 0 Å². The number of fused-ring (bicyclic) bond motifs is 1. The van der Waals surface area contributed by atoms with Crippen LogP contribution in [0, 0.1) is 0 Å². The van der Waals surface area contributed by atoms with Crippen molar-refractivity contribution < 1.29 is 0 Å². The van der Waals surface area contributed by atoms with Crippen LogP contribution in [-0.2, 0) is 6.42 Å². The van der Waals surface area contributed by atoms with Crippen LogP contribution in [0.15, 0.2) is 36.5 Å². The van der Waals surface area contributed by atoms with Crippen molar-refractivity contribution in [3.8, 4) is 0 Å². The van der Waals surface area contributed by atoms with Gasteiger partial charge in [0.2, 0.25) is 0 Å². The monoisotopic (exact) mass is 195 g/mol. The predicted octanol–water partition coefficient (Wildman–Crippen LogP) is 3.58. The molecule has 1 aliphatic rings.